The number of pyridine rings is 1. The molecule has 1 heterocycles. The van der Waals surface area contributed by atoms with E-state index in [1.165, 1.54) is 15.7 Å². The van der Waals surface area contributed by atoms with E-state index in [0.717, 1.165) is 11.6 Å². The molecule has 3 nitrogen and oxygen atoms in total. The molecule has 1 aromatic heterocycles. The lowest BCUT2D eigenvalue weighted by molar-refractivity contribution is 0.471. The van der Waals surface area contributed by atoms with E-state index in [2.05, 4.69) is 0 Å². The number of aromatic nitrogens is 1. The maximum absolute atomic E-state index is 11.7. The fourth-order valence-corrected chi connectivity index (χ4v) is 2.17. The van der Waals surface area contributed by atoms with E-state index in [9.17, 15) is 9.90 Å². The van der Waals surface area contributed by atoms with E-state index in [4.69, 9.17) is 11.6 Å². The summed E-state index contributed by atoms with van der Waals surface area (Å²) in [6.07, 6.45) is 3.46. The summed E-state index contributed by atoms with van der Waals surface area (Å²) in [5, 5.41) is 9.49. The molecule has 5 heteroatoms. The van der Waals surface area contributed by atoms with Gasteiger partial charge in [-0.05, 0) is 24.0 Å². The molecule has 18 heavy (non-hydrogen) atoms. The van der Waals surface area contributed by atoms with Crippen LogP contribution >= 0.6 is 23.4 Å². The fraction of sp³-hybridized carbons (Fsp3) is 0.154. The van der Waals surface area contributed by atoms with Crippen LogP contribution in [-0.2, 0) is 6.54 Å². The summed E-state index contributed by atoms with van der Waals surface area (Å²) in [7, 11) is 0. The molecular weight excluding hydrogens is 270 g/mol. The predicted octanol–water partition coefficient (Wildman–Crippen LogP) is 2.98. The van der Waals surface area contributed by atoms with Crippen molar-refractivity contribution in [3.05, 3.63) is 57.5 Å². The van der Waals surface area contributed by atoms with E-state index in [1.54, 1.807) is 11.8 Å². The molecule has 0 aliphatic heterocycles. The van der Waals surface area contributed by atoms with E-state index in [0.29, 0.717) is 6.54 Å². The lowest BCUT2D eigenvalue weighted by Crippen LogP contribution is -2.18. The Balaban J connectivity index is 2.28. The molecule has 0 saturated carbocycles. The Morgan fingerprint density at radius 1 is 1.33 bits per heavy atom. The lowest BCUT2D eigenvalue weighted by Gasteiger charge is -2.07. The molecule has 2 rings (SSSR count). The highest BCUT2D eigenvalue weighted by Gasteiger charge is 2.04. The van der Waals surface area contributed by atoms with Gasteiger partial charge in [0.25, 0.3) is 5.56 Å². The molecule has 0 amide bonds. The summed E-state index contributed by atoms with van der Waals surface area (Å²) in [6, 6.07) is 9.08. The molecule has 0 spiro atoms. The first-order chi connectivity index (χ1) is 8.60. The Bertz CT molecular complexity index is 607. The quantitative estimate of drug-likeness (QED) is 0.880. The van der Waals surface area contributed by atoms with Crippen LogP contribution in [0.15, 0.2) is 46.2 Å². The van der Waals surface area contributed by atoms with Crippen molar-refractivity contribution in [2.24, 2.45) is 0 Å². The second kappa shape index (κ2) is 5.50. The second-order valence-electron chi connectivity index (χ2n) is 3.82. The largest absolute Gasteiger partial charge is 0.506 e. The summed E-state index contributed by atoms with van der Waals surface area (Å²) < 4.78 is 1.47. The van der Waals surface area contributed by atoms with Crippen LogP contribution in [-0.4, -0.2) is 15.9 Å². The van der Waals surface area contributed by atoms with Gasteiger partial charge in [0.2, 0.25) is 0 Å². The monoisotopic (exact) mass is 281 g/mol. The zero-order valence-electron chi connectivity index (χ0n) is 9.76. The molecule has 0 fully saturated rings. The third-order valence-corrected chi connectivity index (χ3v) is 3.60. The van der Waals surface area contributed by atoms with Crippen molar-refractivity contribution in [3.63, 3.8) is 0 Å². The van der Waals surface area contributed by atoms with Crippen LogP contribution in [0.3, 0.4) is 0 Å². The predicted molar refractivity (Wildman–Crippen MR) is 74.7 cm³/mol. The molecule has 0 aliphatic carbocycles. The van der Waals surface area contributed by atoms with Gasteiger partial charge >= 0.3 is 0 Å². The maximum Gasteiger partial charge on any atom is 0.254 e. The summed E-state index contributed by atoms with van der Waals surface area (Å²) in [6.45, 7) is 0.438. The smallest absolute Gasteiger partial charge is 0.254 e. The van der Waals surface area contributed by atoms with Crippen LogP contribution < -0.4 is 5.56 Å². The van der Waals surface area contributed by atoms with Crippen molar-refractivity contribution in [1.82, 2.24) is 4.57 Å². The number of nitrogens with zero attached hydrogens (tertiary/aromatic N) is 1. The van der Waals surface area contributed by atoms with Gasteiger partial charge in [-0.1, -0.05) is 23.7 Å². The normalized spacial score (nSPS) is 10.6. The Labute approximate surface area is 114 Å². The van der Waals surface area contributed by atoms with Gasteiger partial charge in [0.1, 0.15) is 5.75 Å². The molecule has 1 N–H and O–H groups in total. The van der Waals surface area contributed by atoms with Crippen LogP contribution in [0, 0.1) is 0 Å². The first-order valence-corrected chi connectivity index (χ1v) is 6.92. The van der Waals surface area contributed by atoms with Crippen molar-refractivity contribution >= 4 is 23.4 Å². The standard InChI is InChI=1S/C13H12ClNO2S/c1-18-10-4-2-9(3-5-10)7-15-8-11(14)12(16)6-13(15)17/h2-6,8,16H,7H2,1H3. The zero-order chi connectivity index (χ0) is 13.1. The van der Waals surface area contributed by atoms with Gasteiger partial charge in [-0.15, -0.1) is 11.8 Å². The minimum atomic E-state index is -0.272. The fourth-order valence-electron chi connectivity index (χ4n) is 1.59. The number of rotatable bonds is 3. The van der Waals surface area contributed by atoms with Gasteiger partial charge < -0.3 is 9.67 Å². The molecular formula is C13H12ClNO2S. The molecule has 94 valence electrons. The first-order valence-electron chi connectivity index (χ1n) is 5.32. The van der Waals surface area contributed by atoms with E-state index in [1.807, 2.05) is 30.5 Å². The topological polar surface area (TPSA) is 42.2 Å². The van der Waals surface area contributed by atoms with Crippen LogP contribution in [0.2, 0.25) is 5.02 Å². The van der Waals surface area contributed by atoms with Crippen molar-refractivity contribution in [2.75, 3.05) is 6.26 Å². The average molecular weight is 282 g/mol. The van der Waals surface area contributed by atoms with Gasteiger partial charge in [-0.25, -0.2) is 0 Å². The summed E-state index contributed by atoms with van der Waals surface area (Å²) in [4.78, 5) is 12.8. The van der Waals surface area contributed by atoms with Crippen LogP contribution in [0.5, 0.6) is 5.75 Å². The average Bonchev–Trinajstić information content (AvgIpc) is 2.37. The third kappa shape index (κ3) is 2.89. The summed E-state index contributed by atoms with van der Waals surface area (Å²) >= 11 is 7.46. The molecule has 0 atom stereocenters. The van der Waals surface area contributed by atoms with E-state index in [-0.39, 0.29) is 16.3 Å². The van der Waals surface area contributed by atoms with Gasteiger partial charge in [-0.3, -0.25) is 4.79 Å². The molecule has 0 aliphatic rings. The SMILES string of the molecule is CSc1ccc(Cn2cc(Cl)c(O)cc2=O)cc1. The molecule has 2 aromatic rings. The number of halogens is 1. The van der Waals surface area contributed by atoms with Crippen molar-refractivity contribution in [3.8, 4) is 5.75 Å². The molecule has 0 bridgehead atoms. The Morgan fingerprint density at radius 2 is 2.00 bits per heavy atom. The van der Waals surface area contributed by atoms with Crippen molar-refractivity contribution in [1.29, 1.82) is 0 Å². The number of benzene rings is 1. The van der Waals surface area contributed by atoms with Gasteiger partial charge in [0.15, 0.2) is 0 Å². The first kappa shape index (κ1) is 13.1. The minimum absolute atomic E-state index is 0.176. The summed E-state index contributed by atoms with van der Waals surface area (Å²) in [5.74, 6) is -0.185. The highest BCUT2D eigenvalue weighted by atomic mass is 35.5. The molecule has 1 aromatic carbocycles. The molecule has 0 saturated heterocycles. The van der Waals surface area contributed by atoms with Crippen LogP contribution in [0.25, 0.3) is 0 Å². The number of aromatic hydroxyl groups is 1. The van der Waals surface area contributed by atoms with Crippen LogP contribution in [0.4, 0.5) is 0 Å². The zero-order valence-corrected chi connectivity index (χ0v) is 11.3. The van der Waals surface area contributed by atoms with Crippen molar-refractivity contribution in [2.45, 2.75) is 11.4 Å². The van der Waals surface area contributed by atoms with Gasteiger partial charge in [-0.2, -0.15) is 0 Å². The summed E-state index contributed by atoms with van der Waals surface area (Å²) in [5.41, 5.74) is 0.738. The maximum atomic E-state index is 11.7. The number of hydrogen-bond donors (Lipinski definition) is 1. The minimum Gasteiger partial charge on any atom is -0.506 e. The van der Waals surface area contributed by atoms with Crippen molar-refractivity contribution < 1.29 is 5.11 Å². The van der Waals surface area contributed by atoms with Gasteiger partial charge in [0.05, 0.1) is 11.6 Å². The number of hydrogen-bond acceptors (Lipinski definition) is 3. The number of thioether (sulfide) groups is 1. The van der Waals surface area contributed by atoms with Crippen LogP contribution in [0.1, 0.15) is 5.56 Å². The Hall–Kier alpha value is -1.39. The second-order valence-corrected chi connectivity index (χ2v) is 5.11. The highest BCUT2D eigenvalue weighted by Crippen LogP contribution is 2.20. The molecule has 0 unspecified atom stereocenters. The highest BCUT2D eigenvalue weighted by molar-refractivity contribution is 7.98. The van der Waals surface area contributed by atoms with E-state index >= 15 is 0 Å². The Kier molecular flexibility index (Phi) is 3.99. The van der Waals surface area contributed by atoms with E-state index < -0.39 is 0 Å². The van der Waals surface area contributed by atoms with Gasteiger partial charge in [0, 0.05) is 17.2 Å². The third-order valence-electron chi connectivity index (χ3n) is 2.57. The lowest BCUT2D eigenvalue weighted by atomic mass is 10.2. The Morgan fingerprint density at radius 3 is 2.61 bits per heavy atom. The molecule has 0 radical (unpaired) electrons.